The average molecular weight is 682 g/mol. The summed E-state index contributed by atoms with van der Waals surface area (Å²) >= 11 is 0. The molecule has 0 bridgehead atoms. The second-order valence-corrected chi connectivity index (χ2v) is 15.4. The molecule has 3 aliphatic rings. The van der Waals surface area contributed by atoms with E-state index in [1.54, 1.807) is 6.08 Å². The molecule has 2 aliphatic heterocycles. The quantitative estimate of drug-likeness (QED) is 0.0884. The second-order valence-electron chi connectivity index (χ2n) is 15.4. The maximum atomic E-state index is 14.1. The summed E-state index contributed by atoms with van der Waals surface area (Å²) in [4.78, 5) is 27.9. The Morgan fingerprint density at radius 2 is 1.41 bits per heavy atom. The monoisotopic (exact) mass is 681 g/mol. The number of carbonyl (C=O) groups excluding carboxylic acids is 1. The van der Waals surface area contributed by atoms with Crippen LogP contribution in [-0.4, -0.2) is 45.3 Å². The van der Waals surface area contributed by atoms with Gasteiger partial charge in [0.05, 0.1) is 23.0 Å². The van der Waals surface area contributed by atoms with E-state index >= 15 is 0 Å². The highest BCUT2D eigenvalue weighted by atomic mass is 16.4. The highest BCUT2D eigenvalue weighted by Gasteiger charge is 2.48. The predicted octanol–water partition coefficient (Wildman–Crippen LogP) is 10.2. The Balaban J connectivity index is 1.30. The van der Waals surface area contributed by atoms with Crippen LogP contribution in [0.15, 0.2) is 108 Å². The summed E-state index contributed by atoms with van der Waals surface area (Å²) in [5, 5.41) is 25.9. The number of fused-ring (bicyclic) bond motifs is 6. The van der Waals surface area contributed by atoms with Gasteiger partial charge in [0.15, 0.2) is 5.71 Å². The Labute approximate surface area is 301 Å². The Bertz CT molecular complexity index is 2210. The van der Waals surface area contributed by atoms with Crippen LogP contribution in [0, 0.1) is 0 Å². The SMILES string of the molecule is CCCCCCCC[N+]1=C(/C=C2/C(=O)C(/C=C3/N(CCC(=O)O)c4ccc5ccccc5c4C3(C)C)=C2O)C(C)(C)c2c1ccc1ccccc21. The van der Waals surface area contributed by atoms with Gasteiger partial charge in [-0.15, -0.1) is 0 Å². The van der Waals surface area contributed by atoms with Gasteiger partial charge in [0.25, 0.3) is 0 Å². The number of hydrogen-bond donors (Lipinski definition) is 2. The van der Waals surface area contributed by atoms with Crippen LogP contribution in [0.3, 0.4) is 0 Å². The summed E-state index contributed by atoms with van der Waals surface area (Å²) in [5.74, 6) is -1.09. The molecule has 2 heterocycles. The molecule has 262 valence electrons. The van der Waals surface area contributed by atoms with Crippen LogP contribution in [0.4, 0.5) is 11.4 Å². The summed E-state index contributed by atoms with van der Waals surface area (Å²) in [5.41, 5.74) is 5.94. The van der Waals surface area contributed by atoms with Crippen molar-refractivity contribution in [3.05, 3.63) is 119 Å². The molecule has 7 rings (SSSR count). The van der Waals surface area contributed by atoms with E-state index in [1.165, 1.54) is 47.7 Å². The largest absolute Gasteiger partial charge is 0.506 e. The number of aliphatic hydroxyl groups is 1. The van der Waals surface area contributed by atoms with Gasteiger partial charge in [-0.2, -0.15) is 4.58 Å². The van der Waals surface area contributed by atoms with Gasteiger partial charge in [-0.25, -0.2) is 0 Å². The van der Waals surface area contributed by atoms with Crippen molar-refractivity contribution in [3.63, 3.8) is 0 Å². The van der Waals surface area contributed by atoms with E-state index < -0.39 is 16.8 Å². The molecular weight excluding hydrogens is 633 g/mol. The van der Waals surface area contributed by atoms with E-state index in [0.717, 1.165) is 52.8 Å². The number of carboxylic acids is 1. The van der Waals surface area contributed by atoms with Gasteiger partial charge in [-0.3, -0.25) is 9.59 Å². The Kier molecular flexibility index (Phi) is 8.99. The van der Waals surface area contributed by atoms with E-state index in [2.05, 4.69) is 93.8 Å². The van der Waals surface area contributed by atoms with Crippen molar-refractivity contribution in [3.8, 4) is 0 Å². The van der Waals surface area contributed by atoms with E-state index in [1.807, 2.05) is 29.2 Å². The van der Waals surface area contributed by atoms with Crippen molar-refractivity contribution in [2.45, 2.75) is 90.4 Å². The lowest BCUT2D eigenvalue weighted by Gasteiger charge is -2.29. The Morgan fingerprint density at radius 3 is 2.08 bits per heavy atom. The van der Waals surface area contributed by atoms with Crippen LogP contribution >= 0.6 is 0 Å². The maximum absolute atomic E-state index is 14.1. The first kappa shape index (κ1) is 34.5. The number of carbonyl (C=O) groups is 2. The molecule has 2 N–H and O–H groups in total. The number of aliphatic hydroxyl groups excluding tert-OH is 1. The minimum atomic E-state index is -0.885. The number of allylic oxidation sites excluding steroid dienone is 5. The zero-order valence-corrected chi connectivity index (χ0v) is 30.6. The van der Waals surface area contributed by atoms with Gasteiger partial charge in [0, 0.05) is 47.5 Å². The molecule has 4 aromatic carbocycles. The molecule has 0 aromatic heterocycles. The van der Waals surface area contributed by atoms with E-state index in [4.69, 9.17) is 0 Å². The summed E-state index contributed by atoms with van der Waals surface area (Å²) in [6.45, 7) is 12.0. The molecule has 0 fully saturated rings. The minimum absolute atomic E-state index is 0.00840. The van der Waals surface area contributed by atoms with E-state index in [9.17, 15) is 19.8 Å². The smallest absolute Gasteiger partial charge is 0.305 e. The van der Waals surface area contributed by atoms with Gasteiger partial charge in [0.2, 0.25) is 11.5 Å². The van der Waals surface area contributed by atoms with E-state index in [-0.39, 0.29) is 30.1 Å². The number of unbranched alkanes of at least 4 members (excludes halogenated alkanes) is 5. The molecule has 0 amide bonds. The van der Waals surface area contributed by atoms with Crippen LogP contribution in [-0.2, 0) is 20.4 Å². The molecule has 0 unspecified atom stereocenters. The third kappa shape index (κ3) is 5.79. The van der Waals surface area contributed by atoms with Crippen LogP contribution in [0.5, 0.6) is 0 Å². The van der Waals surface area contributed by atoms with Crippen molar-refractivity contribution in [2.75, 3.05) is 18.0 Å². The standard InChI is InChI=1S/C45H48N2O4/c1-6-7-8-9-10-15-25-46-35-22-20-29-16-11-13-18-31(29)40(35)44(2,3)37(46)27-33-42(50)34(43(33)51)28-38-45(4,5)41-32-19-14-12-17-30(32)21-23-36(41)47(38)26-24-39(48)49/h11-14,16-23,27-28H,6-10,15,24-26H2,1-5H3,(H-,48,49,50,51)/p+1. The van der Waals surface area contributed by atoms with Crippen molar-refractivity contribution in [1.82, 2.24) is 0 Å². The third-order valence-electron chi connectivity index (χ3n) is 11.4. The number of ketones is 1. The number of carboxylic acid groups (broad SMARTS) is 1. The average Bonchev–Trinajstić information content (AvgIpc) is 3.47. The highest BCUT2D eigenvalue weighted by Crippen LogP contribution is 2.52. The zero-order chi connectivity index (χ0) is 36.1. The number of Topliss-reactive ketones (excluding diaryl/α,β-unsaturated/α-hetero) is 1. The first-order valence-corrected chi connectivity index (χ1v) is 18.6. The lowest BCUT2D eigenvalue weighted by Crippen LogP contribution is -2.32. The van der Waals surface area contributed by atoms with Crippen LogP contribution in [0.2, 0.25) is 0 Å². The summed E-state index contributed by atoms with van der Waals surface area (Å²) in [6, 6.07) is 25.2. The fraction of sp³-hybridized carbons (Fsp3) is 0.356. The fourth-order valence-corrected chi connectivity index (χ4v) is 8.71. The van der Waals surface area contributed by atoms with Crippen molar-refractivity contribution < 1.29 is 24.4 Å². The Hall–Kier alpha value is -4.97. The summed E-state index contributed by atoms with van der Waals surface area (Å²) < 4.78 is 2.38. The fourth-order valence-electron chi connectivity index (χ4n) is 8.71. The molecule has 4 aromatic rings. The minimum Gasteiger partial charge on any atom is -0.506 e. The van der Waals surface area contributed by atoms with Crippen LogP contribution in [0.25, 0.3) is 21.5 Å². The molecule has 6 heteroatoms. The molecule has 6 nitrogen and oxygen atoms in total. The number of nitrogens with zero attached hydrogens (tertiary/aromatic N) is 2. The number of anilines is 1. The predicted molar refractivity (Wildman–Crippen MR) is 208 cm³/mol. The number of benzene rings is 4. The second kappa shape index (κ2) is 13.3. The number of rotatable bonds is 12. The molecule has 0 spiro atoms. The molecule has 0 radical (unpaired) electrons. The molecule has 0 atom stereocenters. The highest BCUT2D eigenvalue weighted by molar-refractivity contribution is 6.24. The summed E-state index contributed by atoms with van der Waals surface area (Å²) in [7, 11) is 0. The zero-order valence-electron chi connectivity index (χ0n) is 30.6. The van der Waals surface area contributed by atoms with Crippen molar-refractivity contribution in [1.29, 1.82) is 0 Å². The van der Waals surface area contributed by atoms with Gasteiger partial charge in [-0.1, -0.05) is 101 Å². The lowest BCUT2D eigenvalue weighted by molar-refractivity contribution is -0.438. The molecule has 0 saturated carbocycles. The topological polar surface area (TPSA) is 80.9 Å². The molecule has 1 aliphatic carbocycles. The maximum Gasteiger partial charge on any atom is 0.305 e. The summed E-state index contributed by atoms with van der Waals surface area (Å²) in [6.07, 6.45) is 10.8. The van der Waals surface area contributed by atoms with Gasteiger partial charge in [0.1, 0.15) is 12.3 Å². The first-order chi connectivity index (χ1) is 24.5. The van der Waals surface area contributed by atoms with Crippen LogP contribution < -0.4 is 4.90 Å². The lowest BCUT2D eigenvalue weighted by atomic mass is 9.76. The number of aliphatic carboxylic acids is 1. The molecule has 51 heavy (non-hydrogen) atoms. The Morgan fingerprint density at radius 1 is 0.784 bits per heavy atom. The molecular formula is C45H49N2O4+. The van der Waals surface area contributed by atoms with Gasteiger partial charge < -0.3 is 15.1 Å². The number of hydrogen-bond acceptors (Lipinski definition) is 4. The van der Waals surface area contributed by atoms with E-state index in [0.29, 0.717) is 5.57 Å². The van der Waals surface area contributed by atoms with Crippen LogP contribution in [0.1, 0.15) is 90.7 Å². The van der Waals surface area contributed by atoms with Gasteiger partial charge in [-0.05, 0) is 65.6 Å². The third-order valence-corrected chi connectivity index (χ3v) is 11.4. The van der Waals surface area contributed by atoms with Crippen molar-refractivity contribution >= 4 is 50.4 Å². The normalized spacial score (nSPS) is 19.1. The molecule has 0 saturated heterocycles. The first-order valence-electron chi connectivity index (χ1n) is 18.6. The van der Waals surface area contributed by atoms with Gasteiger partial charge >= 0.3 is 5.97 Å². The van der Waals surface area contributed by atoms with Crippen molar-refractivity contribution in [2.24, 2.45) is 0 Å².